The van der Waals surface area contributed by atoms with Gasteiger partial charge in [-0.05, 0) is 38.5 Å². The van der Waals surface area contributed by atoms with E-state index in [0.717, 1.165) is 44.9 Å². The van der Waals surface area contributed by atoms with E-state index in [1.807, 2.05) is 21.1 Å². The minimum atomic E-state index is -4.38. The van der Waals surface area contributed by atoms with Gasteiger partial charge in [-0.3, -0.25) is 18.6 Å². The van der Waals surface area contributed by atoms with E-state index in [2.05, 4.69) is 26.0 Å². The largest absolute Gasteiger partial charge is 0.472 e. The maximum Gasteiger partial charge on any atom is 0.472 e. The van der Waals surface area contributed by atoms with Crippen LogP contribution in [-0.2, 0) is 32.7 Å². The molecule has 0 aliphatic heterocycles. The van der Waals surface area contributed by atoms with Gasteiger partial charge in [-0.2, -0.15) is 0 Å². The lowest BCUT2D eigenvalue weighted by molar-refractivity contribution is -0.870. The van der Waals surface area contributed by atoms with Crippen LogP contribution in [0.25, 0.3) is 0 Å². The van der Waals surface area contributed by atoms with Crippen LogP contribution < -0.4 is 0 Å². The molecular weight excluding hydrogens is 858 g/mol. The van der Waals surface area contributed by atoms with Gasteiger partial charge in [0.1, 0.15) is 19.8 Å². The fourth-order valence-corrected chi connectivity index (χ4v) is 9.28. The van der Waals surface area contributed by atoms with E-state index in [0.29, 0.717) is 23.9 Å². The molecule has 0 aromatic carbocycles. The molecule has 67 heavy (non-hydrogen) atoms. The van der Waals surface area contributed by atoms with E-state index in [9.17, 15) is 19.0 Å². The first kappa shape index (κ1) is 65.8. The highest BCUT2D eigenvalue weighted by Gasteiger charge is 2.27. The zero-order valence-corrected chi connectivity index (χ0v) is 46.1. The summed E-state index contributed by atoms with van der Waals surface area (Å²) < 4.78 is 34.5. The Morgan fingerprint density at radius 2 is 0.761 bits per heavy atom. The molecule has 2 atom stereocenters. The third-order valence-electron chi connectivity index (χ3n) is 13.0. The zero-order chi connectivity index (χ0) is 49.2. The summed E-state index contributed by atoms with van der Waals surface area (Å²) in [7, 11) is 1.49. The van der Waals surface area contributed by atoms with Crippen LogP contribution >= 0.6 is 7.82 Å². The quantitative estimate of drug-likeness (QED) is 0.0211. The molecule has 9 nitrogen and oxygen atoms in total. The maximum atomic E-state index is 12.8. The van der Waals surface area contributed by atoms with Crippen LogP contribution in [0.1, 0.15) is 290 Å². The smallest absolute Gasteiger partial charge is 0.462 e. The van der Waals surface area contributed by atoms with Gasteiger partial charge in [-0.25, -0.2) is 4.57 Å². The number of hydrogen-bond acceptors (Lipinski definition) is 7. The number of carbonyl (C=O) groups is 2. The SMILES string of the molecule is CCCCCCCC/C=C\CCCCCCCCCC(=O)OC(COC(=O)CCCCCCCCCCCCCCCCCCCCCCCCCCCC)COP(=O)(O)OCC[N+](C)(C)C. The molecule has 0 saturated carbocycles. The molecule has 2 unspecified atom stereocenters. The van der Waals surface area contributed by atoms with Crippen LogP contribution in [0.3, 0.4) is 0 Å². The van der Waals surface area contributed by atoms with E-state index >= 15 is 0 Å². The second kappa shape index (κ2) is 49.7. The molecule has 1 N–H and O–H groups in total. The van der Waals surface area contributed by atoms with Gasteiger partial charge in [0, 0.05) is 12.8 Å². The van der Waals surface area contributed by atoms with Crippen molar-refractivity contribution in [3.8, 4) is 0 Å². The molecule has 0 bridgehead atoms. The lowest BCUT2D eigenvalue weighted by atomic mass is 10.0. The number of ether oxygens (including phenoxy) is 2. The molecule has 0 aliphatic carbocycles. The Balaban J connectivity index is 4.08. The molecule has 0 aliphatic rings. The van der Waals surface area contributed by atoms with E-state index in [4.69, 9.17) is 18.5 Å². The van der Waals surface area contributed by atoms with Crippen LogP contribution in [0.2, 0.25) is 0 Å². The normalized spacial score (nSPS) is 13.3. The number of likely N-dealkylation sites (N-methyl/N-ethyl adjacent to an activating group) is 1. The van der Waals surface area contributed by atoms with Crippen molar-refractivity contribution >= 4 is 19.8 Å². The number of phosphoric acid groups is 1. The van der Waals surface area contributed by atoms with Gasteiger partial charge in [-0.15, -0.1) is 0 Å². The molecule has 0 saturated heterocycles. The Labute approximate surface area is 416 Å². The first-order chi connectivity index (χ1) is 32.5. The van der Waals surface area contributed by atoms with Crippen molar-refractivity contribution in [1.82, 2.24) is 0 Å². The van der Waals surface area contributed by atoms with Crippen molar-refractivity contribution in [2.45, 2.75) is 296 Å². The fourth-order valence-electron chi connectivity index (χ4n) is 8.54. The first-order valence-corrected chi connectivity index (χ1v) is 30.4. The monoisotopic (exact) mass is 971 g/mol. The second-order valence-electron chi connectivity index (χ2n) is 21.0. The molecule has 0 radical (unpaired) electrons. The molecule has 0 aromatic rings. The predicted octanol–water partition coefficient (Wildman–Crippen LogP) is 17.7. The number of quaternary nitrogens is 1. The van der Waals surface area contributed by atoms with Gasteiger partial charge in [0.25, 0.3) is 0 Å². The van der Waals surface area contributed by atoms with E-state index in [1.165, 1.54) is 212 Å². The summed E-state index contributed by atoms with van der Waals surface area (Å²) in [5.74, 6) is -0.785. The maximum absolute atomic E-state index is 12.8. The zero-order valence-electron chi connectivity index (χ0n) is 45.2. The van der Waals surface area contributed by atoms with Crippen molar-refractivity contribution in [2.24, 2.45) is 0 Å². The number of phosphoric ester groups is 1. The molecule has 0 amide bonds. The van der Waals surface area contributed by atoms with Gasteiger partial charge in [0.05, 0.1) is 27.7 Å². The van der Waals surface area contributed by atoms with Gasteiger partial charge >= 0.3 is 19.8 Å². The van der Waals surface area contributed by atoms with Crippen LogP contribution in [0.5, 0.6) is 0 Å². The number of hydrogen-bond donors (Lipinski definition) is 1. The molecular formula is C57H113NO8P+. The highest BCUT2D eigenvalue weighted by molar-refractivity contribution is 7.47. The highest BCUT2D eigenvalue weighted by atomic mass is 31.2. The summed E-state index contributed by atoms with van der Waals surface area (Å²) in [5.41, 5.74) is 0. The molecule has 0 aromatic heterocycles. The third-order valence-corrected chi connectivity index (χ3v) is 14.0. The number of esters is 2. The van der Waals surface area contributed by atoms with Crippen molar-refractivity contribution in [2.75, 3.05) is 47.5 Å². The molecule has 0 spiro atoms. The summed E-state index contributed by atoms with van der Waals surface area (Å²) in [6.45, 7) is 4.48. The van der Waals surface area contributed by atoms with E-state index in [-0.39, 0.29) is 25.6 Å². The fraction of sp³-hybridized carbons (Fsp3) is 0.930. The van der Waals surface area contributed by atoms with Gasteiger partial charge in [-0.1, -0.05) is 251 Å². The summed E-state index contributed by atoms with van der Waals surface area (Å²) in [4.78, 5) is 35.6. The van der Waals surface area contributed by atoms with Crippen molar-refractivity contribution in [1.29, 1.82) is 0 Å². The summed E-state index contributed by atoms with van der Waals surface area (Å²) in [5, 5.41) is 0. The van der Waals surface area contributed by atoms with E-state index in [1.54, 1.807) is 0 Å². The molecule has 0 rings (SSSR count). The molecule has 0 fully saturated rings. The lowest BCUT2D eigenvalue weighted by Crippen LogP contribution is -2.37. The molecule has 0 heterocycles. The Morgan fingerprint density at radius 1 is 0.448 bits per heavy atom. The Morgan fingerprint density at radius 3 is 1.10 bits per heavy atom. The number of allylic oxidation sites excluding steroid dienone is 2. The highest BCUT2D eigenvalue weighted by Crippen LogP contribution is 2.43. The van der Waals surface area contributed by atoms with Crippen LogP contribution in [0, 0.1) is 0 Å². The second-order valence-corrected chi connectivity index (χ2v) is 22.5. The van der Waals surface area contributed by atoms with Crippen LogP contribution in [0.15, 0.2) is 12.2 Å². The Bertz CT molecular complexity index is 1140. The number of carbonyl (C=O) groups excluding carboxylic acids is 2. The lowest BCUT2D eigenvalue weighted by Gasteiger charge is -2.24. The van der Waals surface area contributed by atoms with Crippen molar-refractivity contribution in [3.63, 3.8) is 0 Å². The third kappa shape index (κ3) is 53.9. The summed E-state index contributed by atoms with van der Waals surface area (Å²) in [6, 6.07) is 0. The topological polar surface area (TPSA) is 108 Å². The molecule has 10 heteroatoms. The van der Waals surface area contributed by atoms with Gasteiger partial charge < -0.3 is 18.9 Å². The number of unbranched alkanes of at least 4 members (excludes halogenated alkanes) is 38. The van der Waals surface area contributed by atoms with Crippen molar-refractivity contribution < 1.29 is 42.1 Å². The van der Waals surface area contributed by atoms with Gasteiger partial charge in [0.2, 0.25) is 0 Å². The summed E-state index contributed by atoms with van der Waals surface area (Å²) >= 11 is 0. The Kier molecular flexibility index (Phi) is 48.8. The molecule has 398 valence electrons. The Hall–Kier alpha value is -1.25. The van der Waals surface area contributed by atoms with Crippen molar-refractivity contribution in [3.05, 3.63) is 12.2 Å². The average molecular weight is 972 g/mol. The predicted molar refractivity (Wildman–Crippen MR) is 284 cm³/mol. The minimum absolute atomic E-state index is 0.0344. The van der Waals surface area contributed by atoms with Crippen LogP contribution in [-0.4, -0.2) is 74.9 Å². The summed E-state index contributed by atoms with van der Waals surface area (Å²) in [6.07, 6.45) is 57.1. The van der Waals surface area contributed by atoms with Crippen LogP contribution in [0.4, 0.5) is 0 Å². The van der Waals surface area contributed by atoms with Gasteiger partial charge in [0.15, 0.2) is 6.10 Å². The minimum Gasteiger partial charge on any atom is -0.462 e. The standard InChI is InChI=1S/C57H112NO8P/c1-6-8-10-12-14-16-18-20-22-24-25-26-27-28-29-30-31-32-34-35-37-39-41-43-45-47-49-56(59)63-53-55(54-65-67(61,62)64-52-51-58(3,4)5)66-57(60)50-48-46-44-42-40-38-36-33-23-21-19-17-15-13-11-9-7-2/h21,23,55H,6-20,22,24-54H2,1-5H3/p+1/b23-21-. The first-order valence-electron chi connectivity index (χ1n) is 28.9. The number of nitrogens with zero attached hydrogens (tertiary/aromatic N) is 1. The average Bonchev–Trinajstić information content (AvgIpc) is 3.29. The van der Waals surface area contributed by atoms with E-state index < -0.39 is 26.5 Å². The number of rotatable bonds is 54.